The highest BCUT2D eigenvalue weighted by molar-refractivity contribution is 7.89. The predicted octanol–water partition coefficient (Wildman–Crippen LogP) is 1.27. The standard InChI is InChI=1S/C13H26N4O2S/c1-7-13(4,5)16(6)20(18,19)12-10(2)15-17(9-8-14)11(12)3/h7-9,14H2,1-6H3. The monoisotopic (exact) mass is 302 g/mol. The van der Waals surface area contributed by atoms with E-state index in [1.165, 1.54) is 4.31 Å². The van der Waals surface area contributed by atoms with Crippen LogP contribution in [0.4, 0.5) is 0 Å². The molecule has 0 fully saturated rings. The Hall–Kier alpha value is -0.920. The van der Waals surface area contributed by atoms with Crippen molar-refractivity contribution in [2.75, 3.05) is 13.6 Å². The van der Waals surface area contributed by atoms with E-state index >= 15 is 0 Å². The van der Waals surface area contributed by atoms with Crippen LogP contribution in [0.25, 0.3) is 0 Å². The summed E-state index contributed by atoms with van der Waals surface area (Å²) in [5.41, 5.74) is 6.26. The maximum Gasteiger partial charge on any atom is 0.246 e. The molecule has 0 aliphatic carbocycles. The number of hydrogen-bond acceptors (Lipinski definition) is 4. The van der Waals surface area contributed by atoms with Gasteiger partial charge in [0.25, 0.3) is 0 Å². The normalized spacial score (nSPS) is 13.2. The van der Waals surface area contributed by atoms with Crippen molar-refractivity contribution in [2.45, 2.75) is 58.0 Å². The molecule has 0 atom stereocenters. The zero-order chi connectivity index (χ0) is 15.7. The van der Waals surface area contributed by atoms with Crippen LogP contribution in [0, 0.1) is 13.8 Å². The number of nitrogens with two attached hydrogens (primary N) is 1. The number of aryl methyl sites for hydroxylation is 1. The average Bonchev–Trinajstić information content (AvgIpc) is 2.64. The zero-order valence-corrected chi connectivity index (χ0v) is 14.1. The van der Waals surface area contributed by atoms with Gasteiger partial charge in [0.2, 0.25) is 10.0 Å². The van der Waals surface area contributed by atoms with Gasteiger partial charge >= 0.3 is 0 Å². The largest absolute Gasteiger partial charge is 0.329 e. The zero-order valence-electron chi connectivity index (χ0n) is 13.3. The van der Waals surface area contributed by atoms with Crippen LogP contribution < -0.4 is 5.73 Å². The van der Waals surface area contributed by atoms with Gasteiger partial charge in [-0.05, 0) is 34.1 Å². The molecule has 0 spiro atoms. The van der Waals surface area contributed by atoms with Crippen LogP contribution in [0.3, 0.4) is 0 Å². The van der Waals surface area contributed by atoms with E-state index in [9.17, 15) is 8.42 Å². The van der Waals surface area contributed by atoms with Crippen molar-refractivity contribution in [1.82, 2.24) is 14.1 Å². The van der Waals surface area contributed by atoms with Crippen molar-refractivity contribution >= 4 is 10.0 Å². The average molecular weight is 302 g/mol. The molecule has 1 rings (SSSR count). The first-order valence-electron chi connectivity index (χ1n) is 6.82. The Morgan fingerprint density at radius 3 is 2.35 bits per heavy atom. The molecule has 1 aromatic rings. The number of nitrogens with zero attached hydrogens (tertiary/aromatic N) is 3. The SMILES string of the molecule is CCC(C)(C)N(C)S(=O)(=O)c1c(C)nn(CCN)c1C. The van der Waals surface area contributed by atoms with E-state index in [0.29, 0.717) is 29.4 Å². The van der Waals surface area contributed by atoms with E-state index in [2.05, 4.69) is 5.10 Å². The molecule has 0 aliphatic heterocycles. The maximum atomic E-state index is 12.8. The van der Waals surface area contributed by atoms with E-state index in [0.717, 1.165) is 6.42 Å². The fourth-order valence-corrected chi connectivity index (χ4v) is 4.03. The van der Waals surface area contributed by atoms with Crippen LogP contribution in [0.2, 0.25) is 0 Å². The molecule has 6 nitrogen and oxygen atoms in total. The van der Waals surface area contributed by atoms with Gasteiger partial charge in [-0.3, -0.25) is 4.68 Å². The van der Waals surface area contributed by atoms with E-state index < -0.39 is 15.6 Å². The lowest BCUT2D eigenvalue weighted by molar-refractivity contribution is 0.257. The maximum absolute atomic E-state index is 12.8. The summed E-state index contributed by atoms with van der Waals surface area (Å²) in [7, 11) is -1.94. The Morgan fingerprint density at radius 1 is 1.35 bits per heavy atom. The summed E-state index contributed by atoms with van der Waals surface area (Å²) >= 11 is 0. The molecule has 7 heteroatoms. The van der Waals surface area contributed by atoms with Crippen LogP contribution >= 0.6 is 0 Å². The number of hydrogen-bond donors (Lipinski definition) is 1. The third-order valence-corrected chi connectivity index (χ3v) is 6.31. The van der Waals surface area contributed by atoms with E-state index in [1.807, 2.05) is 20.8 Å². The summed E-state index contributed by atoms with van der Waals surface area (Å²) in [6.07, 6.45) is 0.734. The second-order valence-corrected chi connectivity index (χ2v) is 7.56. The number of rotatable bonds is 6. The third-order valence-electron chi connectivity index (χ3n) is 3.99. The van der Waals surface area contributed by atoms with Gasteiger partial charge in [-0.25, -0.2) is 8.42 Å². The van der Waals surface area contributed by atoms with Gasteiger partial charge < -0.3 is 5.73 Å². The highest BCUT2D eigenvalue weighted by Crippen LogP contribution is 2.28. The van der Waals surface area contributed by atoms with Crippen LogP contribution in [-0.4, -0.2) is 41.6 Å². The summed E-state index contributed by atoms with van der Waals surface area (Å²) in [6.45, 7) is 10.2. The predicted molar refractivity (Wildman–Crippen MR) is 80.1 cm³/mol. The van der Waals surface area contributed by atoms with Gasteiger partial charge in [0, 0.05) is 19.1 Å². The molecule has 0 unspecified atom stereocenters. The molecular formula is C13H26N4O2S. The Morgan fingerprint density at radius 2 is 1.90 bits per heavy atom. The van der Waals surface area contributed by atoms with Crippen molar-refractivity contribution in [3.05, 3.63) is 11.4 Å². The minimum absolute atomic E-state index is 0.301. The summed E-state index contributed by atoms with van der Waals surface area (Å²) in [5, 5.41) is 4.29. The fraction of sp³-hybridized carbons (Fsp3) is 0.769. The number of sulfonamides is 1. The first-order chi connectivity index (χ1) is 9.09. The minimum Gasteiger partial charge on any atom is -0.329 e. The molecule has 116 valence electrons. The van der Waals surface area contributed by atoms with Crippen LogP contribution in [0.15, 0.2) is 4.90 Å². The quantitative estimate of drug-likeness (QED) is 0.858. The van der Waals surface area contributed by atoms with Gasteiger partial charge in [0.1, 0.15) is 4.90 Å². The highest BCUT2D eigenvalue weighted by Gasteiger charge is 2.36. The van der Waals surface area contributed by atoms with Crippen molar-refractivity contribution in [3.63, 3.8) is 0 Å². The molecule has 0 radical (unpaired) electrons. The lowest BCUT2D eigenvalue weighted by Gasteiger charge is -2.33. The molecule has 0 saturated carbocycles. The second-order valence-electron chi connectivity index (χ2n) is 5.65. The summed E-state index contributed by atoms with van der Waals surface area (Å²) < 4.78 is 28.8. The highest BCUT2D eigenvalue weighted by atomic mass is 32.2. The summed E-state index contributed by atoms with van der Waals surface area (Å²) in [6, 6.07) is 0. The van der Waals surface area contributed by atoms with Gasteiger partial charge in [0.05, 0.1) is 17.9 Å². The van der Waals surface area contributed by atoms with Crippen LogP contribution in [0.1, 0.15) is 38.6 Å². The van der Waals surface area contributed by atoms with Gasteiger partial charge in [0.15, 0.2) is 0 Å². The van der Waals surface area contributed by atoms with Crippen molar-refractivity contribution in [3.8, 4) is 0 Å². The van der Waals surface area contributed by atoms with Gasteiger partial charge in [-0.15, -0.1) is 0 Å². The molecule has 1 heterocycles. The van der Waals surface area contributed by atoms with E-state index in [-0.39, 0.29) is 0 Å². The number of aromatic nitrogens is 2. The summed E-state index contributed by atoms with van der Waals surface area (Å²) in [5.74, 6) is 0. The van der Waals surface area contributed by atoms with Crippen LogP contribution in [0.5, 0.6) is 0 Å². The Labute approximate surface area is 122 Å². The lowest BCUT2D eigenvalue weighted by Crippen LogP contribution is -2.44. The molecule has 1 aromatic heterocycles. The molecule has 2 N–H and O–H groups in total. The molecule has 20 heavy (non-hydrogen) atoms. The Bertz CT molecular complexity index is 575. The van der Waals surface area contributed by atoms with E-state index in [1.54, 1.807) is 25.6 Å². The van der Waals surface area contributed by atoms with Crippen molar-refractivity contribution < 1.29 is 8.42 Å². The fourth-order valence-electron chi connectivity index (χ4n) is 2.08. The first-order valence-corrected chi connectivity index (χ1v) is 8.26. The third kappa shape index (κ3) is 2.89. The summed E-state index contributed by atoms with van der Waals surface area (Å²) in [4.78, 5) is 0.301. The molecule has 0 saturated heterocycles. The smallest absolute Gasteiger partial charge is 0.246 e. The molecular weight excluding hydrogens is 276 g/mol. The lowest BCUT2D eigenvalue weighted by atomic mass is 10.0. The Balaban J connectivity index is 3.37. The topological polar surface area (TPSA) is 81.2 Å². The molecule has 0 bridgehead atoms. The van der Waals surface area contributed by atoms with Crippen molar-refractivity contribution in [1.29, 1.82) is 0 Å². The molecule has 0 amide bonds. The second kappa shape index (κ2) is 5.83. The minimum atomic E-state index is -3.56. The van der Waals surface area contributed by atoms with Crippen molar-refractivity contribution in [2.24, 2.45) is 5.73 Å². The molecule has 0 aliphatic rings. The van der Waals surface area contributed by atoms with E-state index in [4.69, 9.17) is 5.73 Å². The van der Waals surface area contributed by atoms with Gasteiger partial charge in [-0.1, -0.05) is 6.92 Å². The van der Waals surface area contributed by atoms with Gasteiger partial charge in [-0.2, -0.15) is 9.40 Å². The first kappa shape index (κ1) is 17.1. The molecule has 0 aromatic carbocycles. The Kier molecular flexibility index (Phi) is 4.99. The van der Waals surface area contributed by atoms with Crippen LogP contribution in [-0.2, 0) is 16.6 Å².